The summed E-state index contributed by atoms with van der Waals surface area (Å²) in [5, 5.41) is -0.297. The number of fused-ring (bicyclic) bond motifs is 2. The Labute approximate surface area is 156 Å². The van der Waals surface area contributed by atoms with E-state index in [9.17, 15) is 27.6 Å². The van der Waals surface area contributed by atoms with Gasteiger partial charge in [0.25, 0.3) is 0 Å². The SMILES string of the molecule is O=C1C2[C@@H]3C=C[C@@H](CC3)[C@@H]2C(=O)N1c1ccc2c(C(F)(F)F)cc(=O)oc2c1. The van der Waals surface area contributed by atoms with Crippen molar-refractivity contribution in [3.63, 3.8) is 0 Å². The third kappa shape index (κ3) is 2.30. The topological polar surface area (TPSA) is 67.6 Å². The van der Waals surface area contributed by atoms with Gasteiger partial charge in [0.1, 0.15) is 5.58 Å². The number of benzene rings is 1. The number of carbonyl (C=O) groups is 2. The Morgan fingerprint density at radius 2 is 1.54 bits per heavy atom. The van der Waals surface area contributed by atoms with E-state index in [0.29, 0.717) is 6.07 Å². The molecule has 1 aromatic heterocycles. The average molecular weight is 389 g/mol. The van der Waals surface area contributed by atoms with Crippen LogP contribution < -0.4 is 10.5 Å². The quantitative estimate of drug-likeness (QED) is 0.425. The third-order valence-electron chi connectivity index (χ3n) is 6.05. The van der Waals surface area contributed by atoms with Crippen molar-refractivity contribution >= 4 is 28.5 Å². The van der Waals surface area contributed by atoms with Crippen molar-refractivity contribution in [2.24, 2.45) is 23.7 Å². The summed E-state index contributed by atoms with van der Waals surface area (Å²) in [5.41, 5.74) is -2.44. The highest BCUT2D eigenvalue weighted by atomic mass is 19.4. The normalized spacial score (nSPS) is 29.0. The van der Waals surface area contributed by atoms with E-state index in [1.54, 1.807) is 0 Å². The summed E-state index contributed by atoms with van der Waals surface area (Å²) in [4.78, 5) is 38.6. The molecule has 2 bridgehead atoms. The molecule has 0 N–H and O–H groups in total. The number of hydrogen-bond donors (Lipinski definition) is 0. The van der Waals surface area contributed by atoms with E-state index in [4.69, 9.17) is 4.42 Å². The van der Waals surface area contributed by atoms with Crippen LogP contribution in [-0.4, -0.2) is 11.8 Å². The lowest BCUT2D eigenvalue weighted by atomic mass is 9.63. The molecule has 1 aromatic carbocycles. The Morgan fingerprint density at radius 1 is 0.929 bits per heavy atom. The van der Waals surface area contributed by atoms with Gasteiger partial charge in [-0.2, -0.15) is 13.2 Å². The van der Waals surface area contributed by atoms with E-state index in [-0.39, 0.29) is 40.3 Å². The lowest BCUT2D eigenvalue weighted by Gasteiger charge is -2.38. The molecule has 2 aromatic rings. The molecule has 1 unspecified atom stereocenters. The zero-order valence-electron chi connectivity index (χ0n) is 14.4. The minimum Gasteiger partial charge on any atom is -0.423 e. The number of amides is 2. The average Bonchev–Trinajstić information content (AvgIpc) is 2.94. The van der Waals surface area contributed by atoms with Crippen molar-refractivity contribution in [1.29, 1.82) is 0 Å². The third-order valence-corrected chi connectivity index (χ3v) is 6.05. The van der Waals surface area contributed by atoms with E-state index in [1.165, 1.54) is 6.07 Å². The number of nitrogens with zero attached hydrogens (tertiary/aromatic N) is 1. The number of halogens is 3. The number of imide groups is 1. The number of alkyl halides is 3. The minimum absolute atomic E-state index is 0.00618. The van der Waals surface area contributed by atoms with Gasteiger partial charge in [-0.1, -0.05) is 12.2 Å². The predicted molar refractivity (Wildman–Crippen MR) is 92.3 cm³/mol. The van der Waals surface area contributed by atoms with Crippen molar-refractivity contribution in [3.8, 4) is 0 Å². The Kier molecular flexibility index (Phi) is 3.42. The van der Waals surface area contributed by atoms with Gasteiger partial charge in [-0.3, -0.25) is 9.59 Å². The minimum atomic E-state index is -4.73. The van der Waals surface area contributed by atoms with Crippen LogP contribution >= 0.6 is 0 Å². The first-order chi connectivity index (χ1) is 13.3. The summed E-state index contributed by atoms with van der Waals surface area (Å²) in [6.07, 6.45) is 0.931. The molecule has 2 heterocycles. The largest absolute Gasteiger partial charge is 0.423 e. The molecule has 1 aliphatic heterocycles. The molecule has 4 atom stereocenters. The van der Waals surface area contributed by atoms with Crippen LogP contribution in [0.25, 0.3) is 11.0 Å². The van der Waals surface area contributed by atoms with Crippen LogP contribution in [0.15, 0.2) is 45.6 Å². The zero-order valence-corrected chi connectivity index (χ0v) is 14.4. The maximum absolute atomic E-state index is 13.2. The molecule has 5 nitrogen and oxygen atoms in total. The smallest absolute Gasteiger partial charge is 0.417 e. The van der Waals surface area contributed by atoms with Crippen LogP contribution in [0.3, 0.4) is 0 Å². The Morgan fingerprint density at radius 3 is 2.07 bits per heavy atom. The first kappa shape index (κ1) is 17.2. The molecule has 8 heteroatoms. The van der Waals surface area contributed by atoms with Crippen LogP contribution in [0, 0.1) is 23.7 Å². The molecule has 0 radical (unpaired) electrons. The lowest BCUT2D eigenvalue weighted by Crippen LogP contribution is -2.38. The number of anilines is 1. The number of carbonyl (C=O) groups excluding carboxylic acids is 2. The van der Waals surface area contributed by atoms with Crippen molar-refractivity contribution < 1.29 is 27.2 Å². The highest BCUT2D eigenvalue weighted by Gasteiger charge is 2.56. The summed E-state index contributed by atoms with van der Waals surface area (Å²) in [7, 11) is 0. The van der Waals surface area contributed by atoms with Crippen molar-refractivity contribution in [2.45, 2.75) is 19.0 Å². The highest BCUT2D eigenvalue weighted by Crippen LogP contribution is 2.50. The van der Waals surface area contributed by atoms with Gasteiger partial charge >= 0.3 is 11.8 Å². The Balaban J connectivity index is 1.62. The molecule has 3 aliphatic carbocycles. The van der Waals surface area contributed by atoms with Gasteiger partial charge in [-0.05, 0) is 36.8 Å². The Bertz CT molecular complexity index is 1080. The van der Waals surface area contributed by atoms with Crippen LogP contribution in [0.4, 0.5) is 18.9 Å². The summed E-state index contributed by atoms with van der Waals surface area (Å²) in [5.74, 6) is -1.54. The number of hydrogen-bond acceptors (Lipinski definition) is 4. The van der Waals surface area contributed by atoms with Gasteiger partial charge in [0, 0.05) is 17.5 Å². The molecule has 2 amide bonds. The van der Waals surface area contributed by atoms with E-state index < -0.39 is 29.2 Å². The molecule has 2 fully saturated rings. The summed E-state index contributed by atoms with van der Waals surface area (Å²) in [6.45, 7) is 0. The van der Waals surface area contributed by atoms with Gasteiger partial charge in [-0.15, -0.1) is 0 Å². The first-order valence-electron chi connectivity index (χ1n) is 8.97. The van der Waals surface area contributed by atoms with Crippen molar-refractivity contribution in [3.05, 3.63) is 52.4 Å². The fourth-order valence-electron chi connectivity index (χ4n) is 4.85. The van der Waals surface area contributed by atoms with Crippen LogP contribution in [0.5, 0.6) is 0 Å². The maximum Gasteiger partial charge on any atom is 0.417 e. The van der Waals surface area contributed by atoms with E-state index in [2.05, 4.69) is 0 Å². The second-order valence-electron chi connectivity index (χ2n) is 7.51. The summed E-state index contributed by atoms with van der Waals surface area (Å²) in [6, 6.07) is 3.98. The maximum atomic E-state index is 13.2. The molecular weight excluding hydrogens is 375 g/mol. The molecule has 28 heavy (non-hydrogen) atoms. The second kappa shape index (κ2) is 5.56. The summed E-state index contributed by atoms with van der Waals surface area (Å²) < 4.78 is 44.6. The molecule has 1 saturated carbocycles. The molecule has 4 aliphatic rings. The van der Waals surface area contributed by atoms with Gasteiger partial charge in [0.05, 0.1) is 23.1 Å². The second-order valence-corrected chi connectivity index (χ2v) is 7.51. The molecular formula is C20H14F3NO4. The van der Waals surface area contributed by atoms with Crippen molar-refractivity contribution in [1.82, 2.24) is 0 Å². The fraction of sp³-hybridized carbons (Fsp3) is 0.350. The highest BCUT2D eigenvalue weighted by molar-refractivity contribution is 6.23. The van der Waals surface area contributed by atoms with E-state index in [0.717, 1.165) is 29.9 Å². The van der Waals surface area contributed by atoms with E-state index in [1.807, 2.05) is 12.2 Å². The van der Waals surface area contributed by atoms with Gasteiger partial charge < -0.3 is 4.42 Å². The van der Waals surface area contributed by atoms with Crippen LogP contribution in [0.1, 0.15) is 18.4 Å². The zero-order chi connectivity index (χ0) is 19.8. The van der Waals surface area contributed by atoms with Gasteiger partial charge in [0.2, 0.25) is 11.8 Å². The number of allylic oxidation sites excluding steroid dienone is 2. The standard InChI is InChI=1S/C20H14F3NO4/c21-20(22,23)13-8-15(25)28-14-7-11(5-6-12(13)14)24-18(26)16-9-1-2-10(4-3-9)17(16)19(24)27/h1-2,5-10,16-17H,3-4H2/t9-,10+,16-,17?/m0/s1. The van der Waals surface area contributed by atoms with Gasteiger partial charge in [-0.25, -0.2) is 9.69 Å². The van der Waals surface area contributed by atoms with Crippen LogP contribution in [-0.2, 0) is 15.8 Å². The molecule has 1 saturated heterocycles. The van der Waals surface area contributed by atoms with Gasteiger partial charge in [0.15, 0.2) is 0 Å². The Hall–Kier alpha value is -2.90. The lowest BCUT2D eigenvalue weighted by molar-refractivity contribution is -0.136. The summed E-state index contributed by atoms with van der Waals surface area (Å²) >= 11 is 0. The molecule has 144 valence electrons. The number of rotatable bonds is 1. The molecule has 6 rings (SSSR count). The fourth-order valence-corrected chi connectivity index (χ4v) is 4.85. The van der Waals surface area contributed by atoms with Crippen LogP contribution in [0.2, 0.25) is 0 Å². The molecule has 0 spiro atoms. The van der Waals surface area contributed by atoms with Crippen molar-refractivity contribution in [2.75, 3.05) is 4.90 Å². The first-order valence-corrected chi connectivity index (χ1v) is 8.97. The monoisotopic (exact) mass is 389 g/mol. The van der Waals surface area contributed by atoms with E-state index >= 15 is 0 Å². The predicted octanol–water partition coefficient (Wildman–Crippen LogP) is 3.51.